The minimum atomic E-state index is -0.148. The lowest BCUT2D eigenvalue weighted by molar-refractivity contribution is -0.122. The van der Waals surface area contributed by atoms with Crippen molar-refractivity contribution in [2.45, 2.75) is 13.0 Å². The summed E-state index contributed by atoms with van der Waals surface area (Å²) in [4.78, 5) is 14.4. The minimum absolute atomic E-state index is 0.0297. The average molecular weight is 348 g/mol. The smallest absolute Gasteiger partial charge is 0.243 e. The van der Waals surface area contributed by atoms with Gasteiger partial charge in [0.15, 0.2) is 0 Å². The molecule has 0 aliphatic carbocycles. The maximum atomic E-state index is 11.9. The van der Waals surface area contributed by atoms with E-state index in [1.807, 2.05) is 35.7 Å². The molecule has 0 atom stereocenters. The third-order valence-corrected chi connectivity index (χ3v) is 4.39. The van der Waals surface area contributed by atoms with Crippen molar-refractivity contribution in [2.24, 2.45) is 0 Å². The molecule has 0 unspecified atom stereocenters. The summed E-state index contributed by atoms with van der Waals surface area (Å²) in [6, 6.07) is 11.3. The van der Waals surface area contributed by atoms with Crippen LogP contribution in [0.1, 0.15) is 4.88 Å². The molecule has 0 spiro atoms. The van der Waals surface area contributed by atoms with E-state index in [-0.39, 0.29) is 12.5 Å². The van der Waals surface area contributed by atoms with E-state index in [1.165, 1.54) is 9.67 Å². The standard InChI is InChI=1S/C15H14ClN5OS/c16-13-6-2-1-5-12(13)15-18-20-21(19-15)10-14(22)17-8-7-11-4-3-9-23-11/h1-6,9H,7-8,10H2,(H,17,22). The summed E-state index contributed by atoms with van der Waals surface area (Å²) in [5, 5.41) is 17.4. The summed E-state index contributed by atoms with van der Waals surface area (Å²) < 4.78 is 0. The van der Waals surface area contributed by atoms with E-state index >= 15 is 0 Å². The van der Waals surface area contributed by atoms with E-state index < -0.39 is 0 Å². The van der Waals surface area contributed by atoms with Gasteiger partial charge in [-0.05, 0) is 35.2 Å². The van der Waals surface area contributed by atoms with Gasteiger partial charge in [0, 0.05) is 17.0 Å². The number of carbonyl (C=O) groups excluding carboxylic acids is 1. The van der Waals surface area contributed by atoms with Crippen LogP contribution in [0.15, 0.2) is 41.8 Å². The first-order valence-corrected chi connectivity index (χ1v) is 8.30. The Labute approximate surface area is 142 Å². The van der Waals surface area contributed by atoms with E-state index in [1.54, 1.807) is 17.4 Å². The summed E-state index contributed by atoms with van der Waals surface area (Å²) in [7, 11) is 0. The lowest BCUT2D eigenvalue weighted by Gasteiger charge is -2.03. The predicted molar refractivity (Wildman–Crippen MR) is 89.3 cm³/mol. The highest BCUT2D eigenvalue weighted by molar-refractivity contribution is 7.09. The number of hydrogen-bond acceptors (Lipinski definition) is 5. The molecule has 0 saturated heterocycles. The quantitative estimate of drug-likeness (QED) is 0.743. The van der Waals surface area contributed by atoms with Crippen LogP contribution in [0.4, 0.5) is 0 Å². The number of hydrogen-bond donors (Lipinski definition) is 1. The van der Waals surface area contributed by atoms with Crippen LogP contribution < -0.4 is 5.32 Å². The van der Waals surface area contributed by atoms with Gasteiger partial charge in [0.2, 0.25) is 11.7 Å². The van der Waals surface area contributed by atoms with Gasteiger partial charge in [-0.15, -0.1) is 21.5 Å². The fourth-order valence-electron chi connectivity index (χ4n) is 2.02. The Morgan fingerprint density at radius 2 is 2.13 bits per heavy atom. The van der Waals surface area contributed by atoms with E-state index in [2.05, 4.69) is 20.7 Å². The van der Waals surface area contributed by atoms with Crippen LogP contribution >= 0.6 is 22.9 Å². The lowest BCUT2D eigenvalue weighted by Crippen LogP contribution is -2.30. The van der Waals surface area contributed by atoms with E-state index in [9.17, 15) is 4.79 Å². The molecule has 118 valence electrons. The highest BCUT2D eigenvalue weighted by Crippen LogP contribution is 2.23. The van der Waals surface area contributed by atoms with Crippen molar-refractivity contribution in [1.29, 1.82) is 0 Å². The highest BCUT2D eigenvalue weighted by atomic mass is 35.5. The van der Waals surface area contributed by atoms with Gasteiger partial charge in [-0.3, -0.25) is 4.79 Å². The second-order valence-electron chi connectivity index (χ2n) is 4.80. The van der Waals surface area contributed by atoms with Crippen molar-refractivity contribution >= 4 is 28.8 Å². The van der Waals surface area contributed by atoms with Gasteiger partial charge >= 0.3 is 0 Å². The topological polar surface area (TPSA) is 72.7 Å². The number of nitrogens with zero attached hydrogens (tertiary/aromatic N) is 4. The van der Waals surface area contributed by atoms with Gasteiger partial charge in [0.25, 0.3) is 0 Å². The van der Waals surface area contributed by atoms with Gasteiger partial charge in [0.1, 0.15) is 6.54 Å². The second-order valence-corrected chi connectivity index (χ2v) is 6.24. The monoisotopic (exact) mass is 347 g/mol. The molecule has 6 nitrogen and oxygen atoms in total. The Morgan fingerprint density at radius 3 is 2.91 bits per heavy atom. The molecular weight excluding hydrogens is 334 g/mol. The largest absolute Gasteiger partial charge is 0.354 e. The zero-order valence-corrected chi connectivity index (χ0v) is 13.7. The molecular formula is C15H14ClN5OS. The molecule has 2 heterocycles. The first kappa shape index (κ1) is 15.6. The summed E-state index contributed by atoms with van der Waals surface area (Å²) in [5.74, 6) is 0.256. The van der Waals surface area contributed by atoms with Gasteiger partial charge in [-0.1, -0.05) is 29.8 Å². The Hall–Kier alpha value is -2.25. The summed E-state index contributed by atoms with van der Waals surface area (Å²) in [5.41, 5.74) is 0.693. The molecule has 0 fully saturated rings. The maximum Gasteiger partial charge on any atom is 0.243 e. The van der Waals surface area contributed by atoms with E-state index in [0.717, 1.165) is 6.42 Å². The molecule has 23 heavy (non-hydrogen) atoms. The van der Waals surface area contributed by atoms with Gasteiger partial charge < -0.3 is 5.32 Å². The Balaban J connectivity index is 1.54. The average Bonchev–Trinajstić information content (AvgIpc) is 3.20. The van der Waals surface area contributed by atoms with Crippen molar-refractivity contribution in [1.82, 2.24) is 25.5 Å². The van der Waals surface area contributed by atoms with Crippen LogP contribution in [-0.4, -0.2) is 32.7 Å². The number of benzene rings is 1. The number of rotatable bonds is 6. The first-order chi connectivity index (χ1) is 11.2. The van der Waals surface area contributed by atoms with E-state index in [4.69, 9.17) is 11.6 Å². The third kappa shape index (κ3) is 4.14. The normalized spacial score (nSPS) is 10.7. The molecule has 0 bridgehead atoms. The highest BCUT2D eigenvalue weighted by Gasteiger charge is 2.11. The Kier molecular flexibility index (Phi) is 4.99. The molecule has 0 aliphatic heterocycles. The van der Waals surface area contributed by atoms with Crippen LogP contribution in [0.2, 0.25) is 5.02 Å². The number of amides is 1. The molecule has 0 saturated carbocycles. The third-order valence-electron chi connectivity index (χ3n) is 3.13. The molecule has 1 aromatic carbocycles. The Bertz CT molecular complexity index is 787. The van der Waals surface area contributed by atoms with Crippen LogP contribution in [0.5, 0.6) is 0 Å². The summed E-state index contributed by atoms with van der Waals surface area (Å²) in [6.45, 7) is 0.618. The van der Waals surface area contributed by atoms with E-state index in [0.29, 0.717) is 23.0 Å². The Morgan fingerprint density at radius 1 is 1.26 bits per heavy atom. The molecule has 3 aromatic rings. The van der Waals surface area contributed by atoms with Crippen molar-refractivity contribution in [2.75, 3.05) is 6.54 Å². The molecule has 1 N–H and O–H groups in total. The molecule has 1 amide bonds. The zero-order valence-electron chi connectivity index (χ0n) is 12.1. The molecule has 3 rings (SSSR count). The predicted octanol–water partition coefficient (Wildman–Crippen LogP) is 2.41. The van der Waals surface area contributed by atoms with Crippen molar-refractivity contribution in [3.8, 4) is 11.4 Å². The molecule has 8 heteroatoms. The zero-order chi connectivity index (χ0) is 16.1. The fraction of sp³-hybridized carbons (Fsp3) is 0.200. The number of halogens is 1. The van der Waals surface area contributed by atoms with Gasteiger partial charge in [0.05, 0.1) is 5.02 Å². The summed E-state index contributed by atoms with van der Waals surface area (Å²) >= 11 is 7.77. The van der Waals surface area contributed by atoms with Crippen LogP contribution in [0, 0.1) is 0 Å². The number of thiophene rings is 1. The lowest BCUT2D eigenvalue weighted by atomic mass is 10.2. The van der Waals surface area contributed by atoms with Crippen molar-refractivity contribution in [3.63, 3.8) is 0 Å². The number of carbonyl (C=O) groups is 1. The molecule has 0 radical (unpaired) electrons. The van der Waals surface area contributed by atoms with Crippen LogP contribution in [0.3, 0.4) is 0 Å². The summed E-state index contributed by atoms with van der Waals surface area (Å²) in [6.07, 6.45) is 0.819. The fourth-order valence-corrected chi connectivity index (χ4v) is 2.95. The minimum Gasteiger partial charge on any atom is -0.354 e. The van der Waals surface area contributed by atoms with Gasteiger partial charge in [-0.25, -0.2) is 0 Å². The number of aromatic nitrogens is 4. The van der Waals surface area contributed by atoms with Crippen LogP contribution in [-0.2, 0) is 17.8 Å². The molecule has 2 aromatic heterocycles. The maximum absolute atomic E-state index is 11.9. The number of tetrazole rings is 1. The molecule has 0 aliphatic rings. The van der Waals surface area contributed by atoms with Gasteiger partial charge in [-0.2, -0.15) is 4.80 Å². The number of nitrogens with one attached hydrogen (secondary N) is 1. The first-order valence-electron chi connectivity index (χ1n) is 7.04. The van der Waals surface area contributed by atoms with Crippen molar-refractivity contribution < 1.29 is 4.79 Å². The van der Waals surface area contributed by atoms with Crippen molar-refractivity contribution in [3.05, 3.63) is 51.7 Å². The SMILES string of the molecule is O=C(Cn1nnc(-c2ccccc2Cl)n1)NCCc1cccs1. The van der Waals surface area contributed by atoms with Crippen LogP contribution in [0.25, 0.3) is 11.4 Å². The second kappa shape index (κ2) is 7.34.